The Morgan fingerprint density at radius 2 is 1.71 bits per heavy atom. The number of amides is 3. The van der Waals surface area contributed by atoms with Crippen molar-refractivity contribution in [2.75, 3.05) is 6.54 Å². The number of aryl methyl sites for hydroxylation is 1. The number of carbonyl (C=O) groups is 3. The Morgan fingerprint density at radius 3 is 2.26 bits per heavy atom. The van der Waals surface area contributed by atoms with Gasteiger partial charge in [0.2, 0.25) is 11.8 Å². The number of rotatable bonds is 11. The number of hydrogen-bond acceptors (Lipinski definition) is 5. The zero-order valence-electron chi connectivity index (χ0n) is 23.7. The second kappa shape index (κ2) is 13.8. The molecule has 38 heavy (non-hydrogen) atoms. The minimum absolute atomic E-state index is 0.106. The Morgan fingerprint density at radius 1 is 1.05 bits per heavy atom. The summed E-state index contributed by atoms with van der Waals surface area (Å²) >= 11 is 0. The molecule has 2 aromatic carbocycles. The number of phenols is 1. The van der Waals surface area contributed by atoms with Gasteiger partial charge in [-0.1, -0.05) is 63.6 Å². The van der Waals surface area contributed by atoms with Gasteiger partial charge < -0.3 is 25.4 Å². The molecule has 2 rings (SSSR count). The normalized spacial score (nSPS) is 13.7. The van der Waals surface area contributed by atoms with Crippen LogP contribution >= 0.6 is 0 Å². The van der Waals surface area contributed by atoms with Crippen LogP contribution in [0.4, 0.5) is 4.79 Å². The van der Waals surface area contributed by atoms with Crippen LogP contribution in [0.1, 0.15) is 77.1 Å². The van der Waals surface area contributed by atoms with Crippen molar-refractivity contribution in [3.05, 3.63) is 65.2 Å². The summed E-state index contributed by atoms with van der Waals surface area (Å²) in [4.78, 5) is 42.0. The highest BCUT2D eigenvalue weighted by atomic mass is 16.6. The number of carbonyl (C=O) groups excluding carboxylic acids is 3. The fourth-order valence-electron chi connectivity index (χ4n) is 4.11. The molecule has 3 atom stereocenters. The molecule has 0 bridgehead atoms. The van der Waals surface area contributed by atoms with Gasteiger partial charge in [-0.25, -0.2) is 4.79 Å². The van der Waals surface area contributed by atoms with Crippen molar-refractivity contribution in [1.29, 1.82) is 0 Å². The predicted octanol–water partition coefficient (Wildman–Crippen LogP) is 5.24. The molecule has 0 saturated carbocycles. The highest BCUT2D eigenvalue weighted by Crippen LogP contribution is 2.28. The van der Waals surface area contributed by atoms with Gasteiger partial charge in [0.05, 0.1) is 0 Å². The van der Waals surface area contributed by atoms with Gasteiger partial charge >= 0.3 is 6.09 Å². The minimum atomic E-state index is -0.961. The molecule has 0 radical (unpaired) electrons. The van der Waals surface area contributed by atoms with E-state index in [0.29, 0.717) is 37.1 Å². The number of nitrogens with one attached hydrogen (secondary N) is 2. The Hall–Kier alpha value is -3.55. The molecule has 0 spiro atoms. The lowest BCUT2D eigenvalue weighted by Crippen LogP contribution is -2.55. The van der Waals surface area contributed by atoms with Gasteiger partial charge in [-0.2, -0.15) is 0 Å². The van der Waals surface area contributed by atoms with E-state index in [0.717, 1.165) is 5.56 Å². The van der Waals surface area contributed by atoms with E-state index in [-0.39, 0.29) is 23.5 Å². The average molecular weight is 526 g/mol. The molecule has 8 heteroatoms. The molecule has 0 aromatic heterocycles. The van der Waals surface area contributed by atoms with Crippen LogP contribution in [-0.2, 0) is 20.9 Å². The fraction of sp³-hybridized carbons (Fsp3) is 0.500. The summed E-state index contributed by atoms with van der Waals surface area (Å²) < 4.78 is 5.43. The van der Waals surface area contributed by atoms with Crippen LogP contribution in [0.15, 0.2) is 48.5 Å². The maximum Gasteiger partial charge on any atom is 0.408 e. The number of phenolic OH excluding ortho intramolecular Hbond substituents is 1. The molecule has 2 aromatic rings. The molecule has 0 aliphatic carbocycles. The third-order valence-electron chi connectivity index (χ3n) is 6.31. The Balaban J connectivity index is 2.48. The van der Waals surface area contributed by atoms with E-state index in [9.17, 15) is 19.5 Å². The number of aromatic hydroxyl groups is 1. The number of ether oxygens (including phenoxy) is 1. The third-order valence-corrected chi connectivity index (χ3v) is 6.31. The van der Waals surface area contributed by atoms with Crippen LogP contribution in [0.3, 0.4) is 0 Å². The van der Waals surface area contributed by atoms with Crippen molar-refractivity contribution < 1.29 is 24.2 Å². The fourth-order valence-corrected chi connectivity index (χ4v) is 4.11. The number of alkyl carbamates (subject to hydrolysis) is 1. The zero-order valence-corrected chi connectivity index (χ0v) is 23.7. The van der Waals surface area contributed by atoms with Crippen molar-refractivity contribution in [1.82, 2.24) is 15.5 Å². The van der Waals surface area contributed by atoms with E-state index in [2.05, 4.69) is 10.6 Å². The van der Waals surface area contributed by atoms with E-state index in [1.807, 2.05) is 51.1 Å². The van der Waals surface area contributed by atoms with E-state index in [4.69, 9.17) is 4.74 Å². The van der Waals surface area contributed by atoms with Crippen LogP contribution < -0.4 is 10.6 Å². The molecule has 3 N–H and O–H groups in total. The summed E-state index contributed by atoms with van der Waals surface area (Å²) in [5.74, 6) is -0.808. The molecule has 3 unspecified atom stereocenters. The Labute approximate surface area is 226 Å². The van der Waals surface area contributed by atoms with Gasteiger partial charge in [0.15, 0.2) is 0 Å². The third kappa shape index (κ3) is 8.78. The molecular weight excluding hydrogens is 482 g/mol. The van der Waals surface area contributed by atoms with Crippen molar-refractivity contribution >= 4 is 17.9 Å². The molecule has 0 aliphatic rings. The second-order valence-electron chi connectivity index (χ2n) is 10.7. The van der Waals surface area contributed by atoms with Crippen molar-refractivity contribution in [2.45, 2.75) is 85.5 Å². The summed E-state index contributed by atoms with van der Waals surface area (Å²) in [5.41, 5.74) is 1.38. The average Bonchev–Trinajstić information content (AvgIpc) is 2.86. The number of hydrogen-bond donors (Lipinski definition) is 3. The minimum Gasteiger partial charge on any atom is -0.508 e. The lowest BCUT2D eigenvalue weighted by Gasteiger charge is -2.36. The lowest BCUT2D eigenvalue weighted by molar-refractivity contribution is -0.143. The molecule has 3 amide bonds. The van der Waals surface area contributed by atoms with Crippen molar-refractivity contribution in [3.8, 4) is 5.75 Å². The van der Waals surface area contributed by atoms with Crippen molar-refractivity contribution in [2.24, 2.45) is 5.92 Å². The van der Waals surface area contributed by atoms with Crippen LogP contribution in [-0.4, -0.2) is 46.1 Å². The van der Waals surface area contributed by atoms with Gasteiger partial charge in [0.1, 0.15) is 23.4 Å². The predicted molar refractivity (Wildman–Crippen MR) is 148 cm³/mol. The SMILES string of the molecule is CCCN(C(=O)C(NC(=O)OC(C)(C)C)C(C)CC)C(C(=O)NCc1ccccc1)c1ccc(O)c(C)c1. The first kappa shape index (κ1) is 30.7. The first-order valence-electron chi connectivity index (χ1n) is 13.3. The van der Waals surface area contributed by atoms with Gasteiger partial charge in [-0.05, 0) is 68.9 Å². The quantitative estimate of drug-likeness (QED) is 0.372. The number of benzene rings is 2. The summed E-state index contributed by atoms with van der Waals surface area (Å²) in [6, 6.07) is 12.6. The maximum absolute atomic E-state index is 14.1. The maximum atomic E-state index is 14.1. The second-order valence-corrected chi connectivity index (χ2v) is 10.7. The van der Waals surface area contributed by atoms with Crippen LogP contribution in [0, 0.1) is 12.8 Å². The van der Waals surface area contributed by atoms with Crippen LogP contribution in [0.2, 0.25) is 0 Å². The highest BCUT2D eigenvalue weighted by molar-refractivity contribution is 5.92. The van der Waals surface area contributed by atoms with E-state index >= 15 is 0 Å². The summed E-state index contributed by atoms with van der Waals surface area (Å²) in [7, 11) is 0. The van der Waals surface area contributed by atoms with E-state index < -0.39 is 23.8 Å². The highest BCUT2D eigenvalue weighted by Gasteiger charge is 2.37. The standard InChI is InChI=1S/C30H43N3O5/c1-8-17-33(28(36)25(20(3)9-2)32-29(37)38-30(5,6)7)26(23-15-16-24(34)21(4)18-23)27(35)31-19-22-13-11-10-12-14-22/h10-16,18,20,25-26,34H,8-9,17,19H2,1-7H3,(H,31,35)(H,32,37). The Kier molecular flexibility index (Phi) is 11.2. The van der Waals surface area contributed by atoms with Crippen LogP contribution in [0.25, 0.3) is 0 Å². The van der Waals surface area contributed by atoms with E-state index in [1.165, 1.54) is 11.0 Å². The van der Waals surface area contributed by atoms with Gasteiger partial charge in [-0.15, -0.1) is 0 Å². The number of nitrogens with zero attached hydrogens (tertiary/aromatic N) is 1. The van der Waals surface area contributed by atoms with Gasteiger partial charge in [-0.3, -0.25) is 9.59 Å². The molecule has 0 fully saturated rings. The summed E-state index contributed by atoms with van der Waals surface area (Å²) in [6.07, 6.45) is 0.554. The monoisotopic (exact) mass is 525 g/mol. The molecule has 208 valence electrons. The van der Waals surface area contributed by atoms with Crippen molar-refractivity contribution in [3.63, 3.8) is 0 Å². The van der Waals surface area contributed by atoms with Gasteiger partial charge in [0, 0.05) is 13.1 Å². The molecule has 0 heterocycles. The zero-order chi connectivity index (χ0) is 28.5. The van der Waals surface area contributed by atoms with Gasteiger partial charge in [0.25, 0.3) is 0 Å². The molecule has 8 nitrogen and oxygen atoms in total. The lowest BCUT2D eigenvalue weighted by atomic mass is 9.95. The molecule has 0 saturated heterocycles. The Bertz CT molecular complexity index is 1080. The smallest absolute Gasteiger partial charge is 0.408 e. The first-order valence-corrected chi connectivity index (χ1v) is 13.3. The summed E-state index contributed by atoms with van der Waals surface area (Å²) in [5, 5.41) is 15.8. The van der Waals surface area contributed by atoms with Crippen LogP contribution in [0.5, 0.6) is 5.75 Å². The molecule has 0 aliphatic heterocycles. The largest absolute Gasteiger partial charge is 0.508 e. The van der Waals surface area contributed by atoms with E-state index in [1.54, 1.807) is 39.8 Å². The molecular formula is C30H43N3O5. The summed E-state index contributed by atoms with van der Waals surface area (Å²) in [6.45, 7) is 13.4. The first-order chi connectivity index (χ1) is 17.9. The topological polar surface area (TPSA) is 108 Å².